The second-order valence-corrected chi connectivity index (χ2v) is 9.49. The standard InChI is InChI=1S/C28H27ClN6O2/c1-2-25(36)32-20-7-5-6-17(14-20)27(37)33-18-10-12-19(13-11-18)34-28-31-16-23(29)26(35-28)22-15-30-24-9-4-3-8-21(22)24/h2-9,14-16,18-19,30H,1,10-13H2,(H,32,36)(H,33,37)(H,31,34,35). The van der Waals surface area contributed by atoms with Crippen LogP contribution in [0.25, 0.3) is 22.2 Å². The van der Waals surface area contributed by atoms with Crippen molar-refractivity contribution in [2.24, 2.45) is 0 Å². The van der Waals surface area contributed by atoms with Gasteiger partial charge in [0.1, 0.15) is 0 Å². The van der Waals surface area contributed by atoms with Crippen LogP contribution in [0, 0.1) is 0 Å². The molecule has 1 aliphatic carbocycles. The molecule has 2 aromatic carbocycles. The van der Waals surface area contributed by atoms with Crippen molar-refractivity contribution < 1.29 is 9.59 Å². The maximum atomic E-state index is 12.8. The van der Waals surface area contributed by atoms with Crippen LogP contribution in [0.15, 0.2) is 73.6 Å². The largest absolute Gasteiger partial charge is 0.360 e. The smallest absolute Gasteiger partial charge is 0.251 e. The lowest BCUT2D eigenvalue weighted by Gasteiger charge is -2.29. The van der Waals surface area contributed by atoms with Crippen LogP contribution < -0.4 is 16.0 Å². The van der Waals surface area contributed by atoms with E-state index in [1.54, 1.807) is 30.5 Å². The van der Waals surface area contributed by atoms with E-state index in [-0.39, 0.29) is 23.9 Å². The number of aromatic nitrogens is 3. The Kier molecular flexibility index (Phi) is 7.18. The highest BCUT2D eigenvalue weighted by Gasteiger charge is 2.24. The fourth-order valence-electron chi connectivity index (χ4n) is 4.66. The fourth-order valence-corrected chi connectivity index (χ4v) is 4.85. The molecular weight excluding hydrogens is 488 g/mol. The van der Waals surface area contributed by atoms with Crippen LogP contribution >= 0.6 is 11.6 Å². The number of aromatic amines is 1. The molecule has 9 heteroatoms. The second kappa shape index (κ2) is 10.8. The van der Waals surface area contributed by atoms with Crippen molar-refractivity contribution in [3.63, 3.8) is 0 Å². The second-order valence-electron chi connectivity index (χ2n) is 9.08. The van der Waals surface area contributed by atoms with E-state index in [1.165, 1.54) is 6.08 Å². The number of fused-ring (bicyclic) bond motifs is 1. The Morgan fingerprint density at radius 3 is 2.65 bits per heavy atom. The van der Waals surface area contributed by atoms with E-state index >= 15 is 0 Å². The SMILES string of the molecule is C=CC(=O)Nc1cccc(C(=O)NC2CCC(Nc3ncc(Cl)c(-c4c[nH]c5ccccc45)n3)CC2)c1. The van der Waals surface area contributed by atoms with Crippen LogP contribution in [0.4, 0.5) is 11.6 Å². The highest BCUT2D eigenvalue weighted by atomic mass is 35.5. The molecule has 5 rings (SSSR count). The van der Waals surface area contributed by atoms with E-state index in [0.29, 0.717) is 27.9 Å². The number of H-pyrrole nitrogens is 1. The number of nitrogens with zero attached hydrogens (tertiary/aromatic N) is 2. The van der Waals surface area contributed by atoms with Gasteiger partial charge in [0.05, 0.1) is 16.9 Å². The Hall–Kier alpha value is -4.17. The number of anilines is 2. The average molecular weight is 515 g/mol. The van der Waals surface area contributed by atoms with E-state index in [0.717, 1.165) is 42.1 Å². The first-order valence-electron chi connectivity index (χ1n) is 12.2. The Morgan fingerprint density at radius 2 is 1.84 bits per heavy atom. The number of hydrogen-bond acceptors (Lipinski definition) is 5. The average Bonchev–Trinajstić information content (AvgIpc) is 3.35. The number of hydrogen-bond donors (Lipinski definition) is 4. The Bertz CT molecular complexity index is 1460. The summed E-state index contributed by atoms with van der Waals surface area (Å²) in [4.78, 5) is 36.7. The van der Waals surface area contributed by atoms with Gasteiger partial charge in [-0.1, -0.05) is 42.4 Å². The van der Waals surface area contributed by atoms with Crippen molar-refractivity contribution in [3.8, 4) is 11.3 Å². The number of amides is 2. The minimum atomic E-state index is -0.318. The minimum Gasteiger partial charge on any atom is -0.360 e. The zero-order valence-electron chi connectivity index (χ0n) is 20.1. The Morgan fingerprint density at radius 1 is 1.05 bits per heavy atom. The van der Waals surface area contributed by atoms with Crippen molar-refractivity contribution in [2.75, 3.05) is 10.6 Å². The van der Waals surface area contributed by atoms with Crippen LogP contribution in [-0.4, -0.2) is 38.8 Å². The molecule has 0 saturated heterocycles. The summed E-state index contributed by atoms with van der Waals surface area (Å²) in [6, 6.07) is 15.2. The summed E-state index contributed by atoms with van der Waals surface area (Å²) in [5.74, 6) is 0.0627. The molecule has 1 saturated carbocycles. The summed E-state index contributed by atoms with van der Waals surface area (Å²) in [6.07, 6.45) is 8.14. The van der Waals surface area contributed by atoms with Gasteiger partial charge in [0.2, 0.25) is 11.9 Å². The molecular formula is C28H27ClN6O2. The zero-order valence-corrected chi connectivity index (χ0v) is 20.9. The lowest BCUT2D eigenvalue weighted by Crippen LogP contribution is -2.40. The molecule has 1 aliphatic rings. The maximum Gasteiger partial charge on any atom is 0.251 e. The predicted octanol–water partition coefficient (Wildman–Crippen LogP) is 5.56. The molecule has 0 atom stereocenters. The van der Waals surface area contributed by atoms with Crippen molar-refractivity contribution in [1.29, 1.82) is 0 Å². The van der Waals surface area contributed by atoms with Gasteiger partial charge in [0.25, 0.3) is 5.91 Å². The van der Waals surface area contributed by atoms with E-state index in [4.69, 9.17) is 16.6 Å². The first-order chi connectivity index (χ1) is 18.0. The van der Waals surface area contributed by atoms with Gasteiger partial charge in [-0.15, -0.1) is 0 Å². The van der Waals surface area contributed by atoms with Crippen molar-refractivity contribution in [2.45, 2.75) is 37.8 Å². The van der Waals surface area contributed by atoms with Crippen LogP contribution in [-0.2, 0) is 4.79 Å². The van der Waals surface area contributed by atoms with Crippen LogP contribution in [0.1, 0.15) is 36.0 Å². The van der Waals surface area contributed by atoms with Crippen molar-refractivity contribution in [3.05, 3.63) is 84.2 Å². The lowest BCUT2D eigenvalue weighted by molar-refractivity contribution is -0.111. The number of rotatable bonds is 7. The molecule has 8 nitrogen and oxygen atoms in total. The zero-order chi connectivity index (χ0) is 25.8. The van der Waals surface area contributed by atoms with Gasteiger partial charge in [-0.3, -0.25) is 9.59 Å². The van der Waals surface area contributed by atoms with Crippen LogP contribution in [0.5, 0.6) is 0 Å². The van der Waals surface area contributed by atoms with Gasteiger partial charge in [0.15, 0.2) is 0 Å². The number of para-hydroxylation sites is 1. The number of nitrogens with one attached hydrogen (secondary N) is 4. The summed E-state index contributed by atoms with van der Waals surface area (Å²) in [6.45, 7) is 3.44. The summed E-state index contributed by atoms with van der Waals surface area (Å²) in [5.41, 5.74) is 3.70. The fraction of sp³-hybridized carbons (Fsp3) is 0.214. The maximum absolute atomic E-state index is 12.8. The third-order valence-electron chi connectivity index (χ3n) is 6.56. The molecule has 0 bridgehead atoms. The monoisotopic (exact) mass is 514 g/mol. The molecule has 2 heterocycles. The van der Waals surface area contributed by atoms with E-state index < -0.39 is 0 Å². The molecule has 0 aliphatic heterocycles. The Balaban J connectivity index is 1.18. The van der Waals surface area contributed by atoms with E-state index in [9.17, 15) is 9.59 Å². The van der Waals surface area contributed by atoms with Gasteiger partial charge in [0, 0.05) is 46.0 Å². The minimum absolute atomic E-state index is 0.0740. The van der Waals surface area contributed by atoms with Crippen molar-refractivity contribution >= 4 is 46.0 Å². The third-order valence-corrected chi connectivity index (χ3v) is 6.84. The first-order valence-corrected chi connectivity index (χ1v) is 12.6. The Labute approximate surface area is 219 Å². The molecule has 4 N–H and O–H groups in total. The highest BCUT2D eigenvalue weighted by Crippen LogP contribution is 2.32. The van der Waals surface area contributed by atoms with E-state index in [1.807, 2.05) is 30.5 Å². The molecule has 0 radical (unpaired) electrons. The molecule has 188 valence electrons. The van der Waals surface area contributed by atoms with Crippen molar-refractivity contribution in [1.82, 2.24) is 20.3 Å². The lowest BCUT2D eigenvalue weighted by atomic mass is 9.91. The van der Waals surface area contributed by atoms with Gasteiger partial charge in [-0.2, -0.15) is 0 Å². The molecule has 0 spiro atoms. The molecule has 1 fully saturated rings. The summed E-state index contributed by atoms with van der Waals surface area (Å²) >= 11 is 6.46. The molecule has 2 aromatic heterocycles. The number of halogens is 1. The van der Waals surface area contributed by atoms with Gasteiger partial charge < -0.3 is 20.9 Å². The summed E-state index contributed by atoms with van der Waals surface area (Å²) in [7, 11) is 0. The van der Waals surface area contributed by atoms with Gasteiger partial charge >= 0.3 is 0 Å². The molecule has 4 aromatic rings. The molecule has 2 amide bonds. The topological polar surface area (TPSA) is 112 Å². The number of carbonyl (C=O) groups excluding carboxylic acids is 2. The normalized spacial score (nSPS) is 17.2. The number of benzene rings is 2. The highest BCUT2D eigenvalue weighted by molar-refractivity contribution is 6.33. The summed E-state index contributed by atoms with van der Waals surface area (Å²) < 4.78 is 0. The van der Waals surface area contributed by atoms with Gasteiger partial charge in [-0.05, 0) is 56.0 Å². The van der Waals surface area contributed by atoms with E-state index in [2.05, 4.69) is 32.5 Å². The van der Waals surface area contributed by atoms with Crippen LogP contribution in [0.2, 0.25) is 5.02 Å². The first kappa shape index (κ1) is 24.5. The van der Waals surface area contributed by atoms with Crippen LogP contribution in [0.3, 0.4) is 0 Å². The quantitative estimate of drug-likeness (QED) is 0.241. The third kappa shape index (κ3) is 5.65. The number of carbonyl (C=O) groups is 2. The predicted molar refractivity (Wildman–Crippen MR) is 147 cm³/mol. The molecule has 37 heavy (non-hydrogen) atoms. The van der Waals surface area contributed by atoms with Gasteiger partial charge in [-0.25, -0.2) is 9.97 Å². The summed E-state index contributed by atoms with van der Waals surface area (Å²) in [5, 5.41) is 10.8. The molecule has 0 unspecified atom stereocenters.